The fraction of sp³-hybridized carbons (Fsp3) is 0.0909. The van der Waals surface area contributed by atoms with Crippen molar-refractivity contribution < 1.29 is 9.32 Å². The van der Waals surface area contributed by atoms with Crippen LogP contribution in [0.4, 0.5) is 0 Å². The van der Waals surface area contributed by atoms with E-state index < -0.39 is 0 Å². The number of carbonyl (C=O) groups is 1. The van der Waals surface area contributed by atoms with Gasteiger partial charge in [-0.25, -0.2) is 0 Å². The highest BCUT2D eigenvalue weighted by molar-refractivity contribution is 7.98. The van der Waals surface area contributed by atoms with E-state index in [9.17, 15) is 4.79 Å². The van der Waals surface area contributed by atoms with E-state index >= 15 is 0 Å². The molecule has 0 spiro atoms. The van der Waals surface area contributed by atoms with Crippen LogP contribution < -0.4 is 5.32 Å². The van der Waals surface area contributed by atoms with Gasteiger partial charge >= 0.3 is 0 Å². The maximum atomic E-state index is 12.4. The Bertz CT molecular complexity index is 1070. The second-order valence-corrected chi connectivity index (χ2v) is 7.28. The van der Waals surface area contributed by atoms with Gasteiger partial charge in [-0.1, -0.05) is 35.5 Å². The largest absolute Gasteiger partial charge is 0.343 e. The van der Waals surface area contributed by atoms with Gasteiger partial charge in [0.25, 0.3) is 5.91 Å². The van der Waals surface area contributed by atoms with Crippen LogP contribution in [0.1, 0.15) is 21.8 Å². The Hall–Kier alpha value is -3.45. The van der Waals surface area contributed by atoms with E-state index in [1.807, 2.05) is 42.5 Å². The van der Waals surface area contributed by atoms with E-state index in [4.69, 9.17) is 4.52 Å². The second-order valence-electron chi connectivity index (χ2n) is 6.23. The lowest BCUT2D eigenvalue weighted by molar-refractivity contribution is 0.0946. The van der Waals surface area contributed by atoms with Crippen molar-refractivity contribution in [3.8, 4) is 11.4 Å². The average Bonchev–Trinajstić information content (AvgIpc) is 3.27. The van der Waals surface area contributed by atoms with Gasteiger partial charge in [0.1, 0.15) is 0 Å². The fourth-order valence-corrected chi connectivity index (χ4v) is 3.51. The van der Waals surface area contributed by atoms with E-state index in [1.165, 1.54) is 4.90 Å². The van der Waals surface area contributed by atoms with Crippen molar-refractivity contribution in [1.29, 1.82) is 0 Å². The first-order valence-electron chi connectivity index (χ1n) is 9.06. The van der Waals surface area contributed by atoms with Crippen molar-refractivity contribution in [3.05, 3.63) is 96.1 Å². The van der Waals surface area contributed by atoms with Crippen LogP contribution in [0.3, 0.4) is 0 Å². The molecule has 2 heterocycles. The minimum absolute atomic E-state index is 0.169. The molecule has 0 aliphatic rings. The van der Waals surface area contributed by atoms with Crippen molar-refractivity contribution in [2.75, 3.05) is 0 Å². The summed E-state index contributed by atoms with van der Waals surface area (Å²) in [4.78, 5) is 21.8. The van der Waals surface area contributed by atoms with Crippen molar-refractivity contribution in [1.82, 2.24) is 20.4 Å². The molecule has 144 valence electrons. The molecule has 1 amide bonds. The zero-order chi connectivity index (χ0) is 19.9. The molecule has 0 fully saturated rings. The van der Waals surface area contributed by atoms with Crippen molar-refractivity contribution in [2.45, 2.75) is 17.2 Å². The van der Waals surface area contributed by atoms with Crippen LogP contribution in [0, 0.1) is 0 Å². The number of carbonyl (C=O) groups excluding carboxylic acids is 1. The number of benzene rings is 2. The van der Waals surface area contributed by atoms with Crippen molar-refractivity contribution >= 4 is 17.7 Å². The van der Waals surface area contributed by atoms with Gasteiger partial charge < -0.3 is 9.84 Å². The molecule has 4 aromatic rings. The molecule has 0 atom stereocenters. The molecule has 0 saturated heterocycles. The fourth-order valence-electron chi connectivity index (χ4n) is 2.64. The molecule has 0 unspecified atom stereocenters. The first-order chi connectivity index (χ1) is 14.3. The molecule has 29 heavy (non-hydrogen) atoms. The summed E-state index contributed by atoms with van der Waals surface area (Å²) in [5, 5.41) is 6.73. The molecular weight excluding hydrogens is 384 g/mol. The summed E-state index contributed by atoms with van der Waals surface area (Å²) >= 11 is 1.76. The molecule has 1 N–H and O–H groups in total. The molecule has 0 saturated carbocycles. The van der Waals surface area contributed by atoms with Gasteiger partial charge in [0.05, 0.1) is 6.54 Å². The number of nitrogens with zero attached hydrogens (tertiary/aromatic N) is 3. The Morgan fingerprint density at radius 1 is 0.966 bits per heavy atom. The van der Waals surface area contributed by atoms with Gasteiger partial charge in [0, 0.05) is 34.2 Å². The summed E-state index contributed by atoms with van der Waals surface area (Å²) in [7, 11) is 0. The van der Waals surface area contributed by atoms with Crippen LogP contribution >= 0.6 is 11.8 Å². The van der Waals surface area contributed by atoms with Gasteiger partial charge in [0.2, 0.25) is 11.7 Å². The second kappa shape index (κ2) is 9.16. The summed E-state index contributed by atoms with van der Waals surface area (Å²) in [5.74, 6) is 1.49. The highest BCUT2D eigenvalue weighted by Gasteiger charge is 2.11. The lowest BCUT2D eigenvalue weighted by atomic mass is 10.1. The third-order valence-corrected chi connectivity index (χ3v) is 5.25. The highest BCUT2D eigenvalue weighted by Crippen LogP contribution is 2.22. The van der Waals surface area contributed by atoms with E-state index in [1.54, 1.807) is 36.3 Å². The summed E-state index contributed by atoms with van der Waals surface area (Å²) in [6, 6.07) is 21.4. The molecular formula is C22H18N4O2S. The predicted octanol–water partition coefficient (Wildman–Crippen LogP) is 4.35. The summed E-state index contributed by atoms with van der Waals surface area (Å²) < 4.78 is 5.20. The van der Waals surface area contributed by atoms with Crippen LogP contribution in [-0.4, -0.2) is 21.0 Å². The van der Waals surface area contributed by atoms with Gasteiger partial charge in [-0.05, 0) is 42.0 Å². The van der Waals surface area contributed by atoms with Gasteiger partial charge in [-0.2, -0.15) is 4.98 Å². The first-order valence-corrected chi connectivity index (χ1v) is 10.0. The number of nitrogens with one attached hydrogen (secondary N) is 1. The zero-order valence-corrected chi connectivity index (χ0v) is 16.3. The number of aromatic nitrogens is 3. The molecule has 7 heteroatoms. The quantitative estimate of drug-likeness (QED) is 0.463. The molecule has 0 aliphatic heterocycles. The minimum Gasteiger partial charge on any atom is -0.343 e. The topological polar surface area (TPSA) is 80.9 Å². The van der Waals surface area contributed by atoms with Crippen molar-refractivity contribution in [3.63, 3.8) is 0 Å². The van der Waals surface area contributed by atoms with Crippen LogP contribution in [0.5, 0.6) is 0 Å². The van der Waals surface area contributed by atoms with Gasteiger partial charge in [-0.3, -0.25) is 9.78 Å². The SMILES string of the molecule is O=C(NCc1nc(-c2ccncc2)no1)c1ccc(CSc2ccccc2)cc1. The van der Waals surface area contributed by atoms with Gasteiger partial charge in [0.15, 0.2) is 0 Å². The Labute approximate surface area is 172 Å². The minimum atomic E-state index is -0.184. The number of hydrogen-bond acceptors (Lipinski definition) is 6. The van der Waals surface area contributed by atoms with Crippen molar-refractivity contribution in [2.24, 2.45) is 0 Å². The monoisotopic (exact) mass is 402 g/mol. The Kier molecular flexibility index (Phi) is 5.97. The molecule has 6 nitrogen and oxygen atoms in total. The number of hydrogen-bond donors (Lipinski definition) is 1. The number of rotatable bonds is 7. The predicted molar refractivity (Wildman–Crippen MR) is 111 cm³/mol. The first kappa shape index (κ1) is 18.9. The number of pyridine rings is 1. The highest BCUT2D eigenvalue weighted by atomic mass is 32.2. The Morgan fingerprint density at radius 2 is 1.72 bits per heavy atom. The molecule has 0 aliphatic carbocycles. The molecule has 4 rings (SSSR count). The van der Waals surface area contributed by atoms with Crippen LogP contribution in [0.2, 0.25) is 0 Å². The van der Waals surface area contributed by atoms with E-state index in [2.05, 4.69) is 32.6 Å². The number of thioether (sulfide) groups is 1. The van der Waals surface area contributed by atoms with Gasteiger partial charge in [-0.15, -0.1) is 11.8 Å². The smallest absolute Gasteiger partial charge is 0.251 e. The molecule has 0 radical (unpaired) electrons. The molecule has 2 aromatic heterocycles. The summed E-state index contributed by atoms with van der Waals surface area (Å²) in [6.07, 6.45) is 3.32. The van der Waals surface area contributed by atoms with E-state index in [-0.39, 0.29) is 12.5 Å². The maximum absolute atomic E-state index is 12.4. The molecule has 2 aromatic carbocycles. The van der Waals surface area contributed by atoms with Crippen LogP contribution in [0.25, 0.3) is 11.4 Å². The Balaban J connectivity index is 1.30. The third-order valence-electron chi connectivity index (χ3n) is 4.17. The van der Waals surface area contributed by atoms with Crippen LogP contribution in [-0.2, 0) is 12.3 Å². The number of amides is 1. The maximum Gasteiger partial charge on any atom is 0.251 e. The molecule has 0 bridgehead atoms. The average molecular weight is 402 g/mol. The van der Waals surface area contributed by atoms with Crippen LogP contribution in [0.15, 0.2) is 88.5 Å². The standard InChI is InChI=1S/C22H18N4O2S/c27-22(24-14-20-25-21(26-28-20)17-10-12-23-13-11-17)18-8-6-16(7-9-18)15-29-19-4-2-1-3-5-19/h1-13H,14-15H2,(H,24,27). The Morgan fingerprint density at radius 3 is 2.48 bits per heavy atom. The lowest BCUT2D eigenvalue weighted by Crippen LogP contribution is -2.22. The normalized spacial score (nSPS) is 10.6. The lowest BCUT2D eigenvalue weighted by Gasteiger charge is -2.05. The summed E-state index contributed by atoms with van der Waals surface area (Å²) in [5.41, 5.74) is 2.56. The third kappa shape index (κ3) is 5.08. The summed E-state index contributed by atoms with van der Waals surface area (Å²) in [6.45, 7) is 0.169. The van der Waals surface area contributed by atoms with E-state index in [0.717, 1.165) is 16.9 Å². The van der Waals surface area contributed by atoms with E-state index in [0.29, 0.717) is 17.3 Å². The zero-order valence-electron chi connectivity index (χ0n) is 15.5.